The van der Waals surface area contributed by atoms with Gasteiger partial charge in [-0.1, -0.05) is 0 Å². The van der Waals surface area contributed by atoms with Gasteiger partial charge in [0.2, 0.25) is 5.75 Å². The molecule has 0 bridgehead atoms. The highest BCUT2D eigenvalue weighted by Gasteiger charge is 2.33. The van der Waals surface area contributed by atoms with Gasteiger partial charge in [0.05, 0.1) is 47.2 Å². The number of likely N-dealkylation sites (tertiary alicyclic amines) is 1. The topological polar surface area (TPSA) is 126 Å². The molecule has 1 aliphatic rings. The number of ether oxygens (including phenoxy) is 3. The average molecular weight is 518 g/mol. The van der Waals surface area contributed by atoms with E-state index in [4.69, 9.17) is 26.4 Å². The Labute approximate surface area is 213 Å². The number of hydrogen-bond acceptors (Lipinski definition) is 9. The lowest BCUT2D eigenvalue weighted by Crippen LogP contribution is -2.57. The third-order valence-electron chi connectivity index (χ3n) is 5.81. The van der Waals surface area contributed by atoms with Gasteiger partial charge in [0.1, 0.15) is 17.9 Å². The van der Waals surface area contributed by atoms with Crippen LogP contribution in [0.4, 0.5) is 21.7 Å². The van der Waals surface area contributed by atoms with Crippen LogP contribution < -0.4 is 30.2 Å². The normalized spacial score (nSPS) is 21.5. The van der Waals surface area contributed by atoms with Crippen molar-refractivity contribution in [3.05, 3.63) is 35.7 Å². The highest BCUT2D eigenvalue weighted by Crippen LogP contribution is 2.40. The van der Waals surface area contributed by atoms with Crippen molar-refractivity contribution in [2.75, 3.05) is 52.1 Å². The molecule has 3 unspecified atom stereocenters. The van der Waals surface area contributed by atoms with Gasteiger partial charge in [0.25, 0.3) is 0 Å². The summed E-state index contributed by atoms with van der Waals surface area (Å²) in [5, 5.41) is 21.3. The second-order valence-electron chi connectivity index (χ2n) is 8.55. The quantitative estimate of drug-likeness (QED) is 0.243. The first kappa shape index (κ1) is 25.5. The predicted octanol–water partition coefficient (Wildman–Crippen LogP) is 3.14. The number of hydrogen-bond donors (Lipinski definition) is 3. The van der Waals surface area contributed by atoms with Crippen molar-refractivity contribution in [2.45, 2.75) is 18.6 Å². The van der Waals surface area contributed by atoms with Crippen LogP contribution in [0.3, 0.4) is 0 Å². The third kappa shape index (κ3) is 5.80. The number of aromatic nitrogens is 3. The monoisotopic (exact) mass is 517 g/mol. The van der Waals surface area contributed by atoms with Crippen molar-refractivity contribution in [1.82, 2.24) is 20.3 Å². The molecule has 4 rings (SSSR count). The summed E-state index contributed by atoms with van der Waals surface area (Å²) in [7, 11) is 6.09. The Balaban J connectivity index is 1.48. The maximum absolute atomic E-state index is 14.4. The average Bonchev–Trinajstić information content (AvgIpc) is 2.84. The summed E-state index contributed by atoms with van der Waals surface area (Å²) in [5.41, 5.74) is 1.61. The van der Waals surface area contributed by atoms with Crippen LogP contribution in [0, 0.1) is 5.21 Å². The van der Waals surface area contributed by atoms with Gasteiger partial charge in [-0.15, -0.1) is 0 Å². The van der Waals surface area contributed by atoms with Crippen molar-refractivity contribution in [1.29, 1.82) is 0 Å². The third-order valence-corrected chi connectivity index (χ3v) is 6.03. The van der Waals surface area contributed by atoms with E-state index in [2.05, 4.69) is 30.9 Å². The highest BCUT2D eigenvalue weighted by molar-refractivity contribution is 7.80. The fraction of sp³-hybridized carbons (Fsp3) is 0.391. The minimum Gasteiger partial charge on any atom is -0.633 e. The predicted molar refractivity (Wildman–Crippen MR) is 139 cm³/mol. The number of halogens is 1. The standard InChI is InChI=1S/C23H28FN7O4S/c1-31(32)8-7-15(14(24)12-31)27-23(36)30-19-6-5-16-22(28-19)29-20(11-25-16)26-13-9-17(33-2)21(35-4)18(10-13)34-3/h5-6,9-11,14-15H,7-8,12H2,1-4H3,(H3,26,27,28,29,30,36). The maximum Gasteiger partial charge on any atom is 0.203 e. The van der Waals surface area contributed by atoms with E-state index >= 15 is 0 Å². The molecule has 13 heteroatoms. The molecular weight excluding hydrogens is 489 g/mol. The van der Waals surface area contributed by atoms with Gasteiger partial charge in [-0.2, -0.15) is 0 Å². The summed E-state index contributed by atoms with van der Waals surface area (Å²) >= 11 is 5.34. The van der Waals surface area contributed by atoms with Gasteiger partial charge in [0.15, 0.2) is 34.2 Å². The van der Waals surface area contributed by atoms with Crippen LogP contribution in [-0.4, -0.2) is 78.4 Å². The number of pyridine rings is 1. The smallest absolute Gasteiger partial charge is 0.203 e. The summed E-state index contributed by atoms with van der Waals surface area (Å²) in [5.74, 6) is 2.33. The zero-order chi connectivity index (χ0) is 25.9. The Bertz CT molecular complexity index is 1240. The van der Waals surface area contributed by atoms with Crippen molar-refractivity contribution < 1.29 is 23.2 Å². The molecular formula is C23H28FN7O4S. The van der Waals surface area contributed by atoms with E-state index in [1.807, 2.05) is 0 Å². The summed E-state index contributed by atoms with van der Waals surface area (Å²) in [6.07, 6.45) is 0.676. The number of nitrogens with zero attached hydrogens (tertiary/aromatic N) is 4. The number of alkyl halides is 1. The number of fused-ring (bicyclic) bond motifs is 1. The van der Waals surface area contributed by atoms with Crippen molar-refractivity contribution >= 4 is 45.8 Å². The van der Waals surface area contributed by atoms with Gasteiger partial charge in [0, 0.05) is 24.2 Å². The number of quaternary nitrogens is 1. The molecule has 3 heterocycles. The van der Waals surface area contributed by atoms with E-state index in [1.54, 1.807) is 30.5 Å². The van der Waals surface area contributed by atoms with E-state index in [0.717, 1.165) is 0 Å². The first-order valence-corrected chi connectivity index (χ1v) is 11.6. The number of nitrogens with one attached hydrogen (secondary N) is 3. The van der Waals surface area contributed by atoms with Crippen LogP contribution >= 0.6 is 12.2 Å². The molecule has 0 saturated carbocycles. The van der Waals surface area contributed by atoms with Gasteiger partial charge in [-0.25, -0.2) is 19.3 Å². The SMILES string of the molecule is COc1cc(Nc2cnc3ccc(NC(=S)NC4CC[N+](C)([O-])CC4F)nc3n2)cc(OC)c1OC. The maximum atomic E-state index is 14.4. The first-order valence-electron chi connectivity index (χ1n) is 11.2. The summed E-state index contributed by atoms with van der Waals surface area (Å²) in [6, 6.07) is 6.43. The number of rotatable bonds is 7. The second-order valence-corrected chi connectivity index (χ2v) is 8.95. The van der Waals surface area contributed by atoms with Crippen molar-refractivity contribution in [3.63, 3.8) is 0 Å². The summed E-state index contributed by atoms with van der Waals surface area (Å²) in [4.78, 5) is 13.4. The first-order chi connectivity index (χ1) is 17.2. The van der Waals surface area contributed by atoms with Gasteiger partial charge < -0.3 is 40.0 Å². The van der Waals surface area contributed by atoms with Crippen LogP contribution in [0.2, 0.25) is 0 Å². The molecule has 3 aromatic rings. The zero-order valence-electron chi connectivity index (χ0n) is 20.4. The molecule has 3 atom stereocenters. The molecule has 1 fully saturated rings. The molecule has 11 nitrogen and oxygen atoms in total. The molecule has 1 aromatic carbocycles. The number of methoxy groups -OCH3 is 3. The Morgan fingerprint density at radius 1 is 1.11 bits per heavy atom. The van der Waals surface area contributed by atoms with E-state index < -0.39 is 16.9 Å². The van der Waals surface area contributed by atoms with E-state index in [1.165, 1.54) is 28.4 Å². The Morgan fingerprint density at radius 3 is 2.44 bits per heavy atom. The second kappa shape index (κ2) is 10.6. The van der Waals surface area contributed by atoms with Crippen LogP contribution in [0.15, 0.2) is 30.5 Å². The van der Waals surface area contributed by atoms with E-state index in [9.17, 15) is 9.60 Å². The minimum atomic E-state index is -1.29. The van der Waals surface area contributed by atoms with Gasteiger partial charge >= 0.3 is 0 Å². The lowest BCUT2D eigenvalue weighted by atomic mass is 10.0. The highest BCUT2D eigenvalue weighted by atomic mass is 32.1. The van der Waals surface area contributed by atoms with Crippen LogP contribution in [0.25, 0.3) is 11.2 Å². The molecule has 0 amide bonds. The number of thiocarbonyl (C=S) groups is 1. The van der Waals surface area contributed by atoms with Gasteiger partial charge in [-0.3, -0.25) is 0 Å². The largest absolute Gasteiger partial charge is 0.633 e. The molecule has 0 spiro atoms. The summed E-state index contributed by atoms with van der Waals surface area (Å²) in [6.45, 7) is 0.220. The molecule has 1 saturated heterocycles. The van der Waals surface area contributed by atoms with E-state index in [-0.39, 0.29) is 11.7 Å². The number of anilines is 3. The molecule has 0 radical (unpaired) electrons. The number of piperidine rings is 1. The van der Waals surface area contributed by atoms with Crippen LogP contribution in [-0.2, 0) is 0 Å². The fourth-order valence-corrected chi connectivity index (χ4v) is 4.25. The van der Waals surface area contributed by atoms with Crippen LogP contribution in [0.1, 0.15) is 6.42 Å². The Morgan fingerprint density at radius 2 is 1.81 bits per heavy atom. The molecule has 1 aliphatic heterocycles. The van der Waals surface area contributed by atoms with E-state index in [0.29, 0.717) is 58.7 Å². The van der Waals surface area contributed by atoms with Gasteiger partial charge in [-0.05, 0) is 24.4 Å². The minimum absolute atomic E-state index is 0.105. The molecule has 3 N–H and O–H groups in total. The molecule has 2 aromatic heterocycles. The Kier molecular flexibility index (Phi) is 7.52. The lowest BCUT2D eigenvalue weighted by Gasteiger charge is -2.45. The number of hydroxylamine groups is 3. The Hall–Kier alpha value is -3.55. The molecule has 0 aliphatic carbocycles. The van der Waals surface area contributed by atoms with Crippen molar-refractivity contribution in [3.8, 4) is 17.2 Å². The molecule has 36 heavy (non-hydrogen) atoms. The number of benzene rings is 1. The molecule has 192 valence electrons. The van der Waals surface area contributed by atoms with Crippen LogP contribution in [0.5, 0.6) is 17.2 Å². The fourth-order valence-electron chi connectivity index (χ4n) is 3.99. The van der Waals surface area contributed by atoms with Crippen molar-refractivity contribution in [2.24, 2.45) is 0 Å². The lowest BCUT2D eigenvalue weighted by molar-refractivity contribution is -0.868. The zero-order valence-corrected chi connectivity index (χ0v) is 21.2. The summed E-state index contributed by atoms with van der Waals surface area (Å²) < 4.78 is 29.9.